The molecule has 2 N–H and O–H groups in total. The third kappa shape index (κ3) is 2.69. The lowest BCUT2D eigenvalue weighted by Gasteiger charge is -2.50. The number of nitrogens with one attached hydrogen (secondary N) is 2. The number of fused-ring (bicyclic) bond motifs is 1. The number of H-pyrrole nitrogens is 1. The van der Waals surface area contributed by atoms with E-state index in [1.165, 1.54) is 25.7 Å². The number of hydrogen-bond acceptors (Lipinski definition) is 3. The molecule has 0 aromatic carbocycles. The third-order valence-electron chi connectivity index (χ3n) is 6.06. The maximum absolute atomic E-state index is 12.6. The van der Waals surface area contributed by atoms with Crippen LogP contribution in [0.3, 0.4) is 0 Å². The minimum atomic E-state index is -0.0260. The zero-order chi connectivity index (χ0) is 15.8. The number of hydrogen-bond donors (Lipinski definition) is 2. The Morgan fingerprint density at radius 1 is 1.39 bits per heavy atom. The lowest BCUT2D eigenvalue weighted by molar-refractivity contribution is -0.0784. The number of ether oxygens (including phenoxy) is 1. The fourth-order valence-corrected chi connectivity index (χ4v) is 4.96. The van der Waals surface area contributed by atoms with Gasteiger partial charge in [-0.1, -0.05) is 39.0 Å². The first-order valence-corrected chi connectivity index (χ1v) is 9.24. The molecule has 1 aliphatic heterocycles. The van der Waals surface area contributed by atoms with Crippen molar-refractivity contribution in [2.75, 3.05) is 6.61 Å². The largest absolute Gasteiger partial charge is 0.377 e. The topological polar surface area (TPSA) is 67.0 Å². The van der Waals surface area contributed by atoms with Crippen LogP contribution in [0.2, 0.25) is 0 Å². The molecular formula is C18H27N3O2. The quantitative estimate of drug-likeness (QED) is 0.877. The Kier molecular flexibility index (Phi) is 4.14. The fourth-order valence-electron chi connectivity index (χ4n) is 4.96. The van der Waals surface area contributed by atoms with Crippen molar-refractivity contribution in [1.29, 1.82) is 0 Å². The van der Waals surface area contributed by atoms with Crippen molar-refractivity contribution < 1.29 is 9.53 Å². The van der Waals surface area contributed by atoms with Crippen LogP contribution < -0.4 is 5.32 Å². The maximum Gasteiger partial charge on any atom is 0.272 e. The molecule has 4 rings (SSSR count). The van der Waals surface area contributed by atoms with Gasteiger partial charge in [-0.25, -0.2) is 0 Å². The summed E-state index contributed by atoms with van der Waals surface area (Å²) in [6.45, 7) is 2.98. The Balaban J connectivity index is 1.44. The molecular weight excluding hydrogens is 290 g/mol. The molecule has 1 amide bonds. The molecule has 5 nitrogen and oxygen atoms in total. The lowest BCUT2D eigenvalue weighted by Crippen LogP contribution is -2.63. The van der Waals surface area contributed by atoms with Crippen molar-refractivity contribution in [3.05, 3.63) is 17.5 Å². The molecule has 3 aliphatic rings. The standard InChI is InChI=1S/C18H27N3O2/c1-2-5-12-10-14(21-20-12)18(22)19-16-13-8-9-23-17(13)15(16)11-6-3-4-7-11/h10-11,13,15-17H,2-9H2,1H3,(H,19,22)(H,20,21)/t13-,15+,16+,17-/m1/s1. The number of aromatic amines is 1. The summed E-state index contributed by atoms with van der Waals surface area (Å²) in [6.07, 6.45) is 8.72. The van der Waals surface area contributed by atoms with Crippen LogP contribution in [0.1, 0.15) is 61.6 Å². The second-order valence-corrected chi connectivity index (χ2v) is 7.44. The van der Waals surface area contributed by atoms with E-state index in [0.717, 1.165) is 37.5 Å². The van der Waals surface area contributed by atoms with Crippen LogP contribution in [-0.4, -0.2) is 34.9 Å². The van der Waals surface area contributed by atoms with E-state index in [2.05, 4.69) is 22.4 Å². The molecule has 2 heterocycles. The van der Waals surface area contributed by atoms with Crippen molar-refractivity contribution in [3.63, 3.8) is 0 Å². The summed E-state index contributed by atoms with van der Waals surface area (Å²) in [7, 11) is 0. The smallest absolute Gasteiger partial charge is 0.272 e. The number of nitrogens with zero attached hydrogens (tertiary/aromatic N) is 1. The summed E-state index contributed by atoms with van der Waals surface area (Å²) < 4.78 is 5.96. The fraction of sp³-hybridized carbons (Fsp3) is 0.778. The van der Waals surface area contributed by atoms with Gasteiger partial charge in [-0.05, 0) is 24.8 Å². The van der Waals surface area contributed by atoms with Crippen molar-refractivity contribution in [1.82, 2.24) is 15.5 Å². The van der Waals surface area contributed by atoms with Crippen LogP contribution in [0.25, 0.3) is 0 Å². The molecule has 2 saturated carbocycles. The zero-order valence-corrected chi connectivity index (χ0v) is 13.9. The maximum atomic E-state index is 12.6. The average molecular weight is 317 g/mol. The van der Waals surface area contributed by atoms with Gasteiger partial charge in [0.15, 0.2) is 0 Å². The van der Waals surface area contributed by atoms with Gasteiger partial charge in [-0.15, -0.1) is 0 Å². The number of amides is 1. The highest BCUT2D eigenvalue weighted by Gasteiger charge is 2.57. The third-order valence-corrected chi connectivity index (χ3v) is 6.06. The zero-order valence-electron chi connectivity index (χ0n) is 13.9. The van der Waals surface area contributed by atoms with Crippen LogP contribution in [0, 0.1) is 17.8 Å². The van der Waals surface area contributed by atoms with Crippen LogP contribution in [-0.2, 0) is 11.2 Å². The molecule has 0 spiro atoms. The van der Waals surface area contributed by atoms with E-state index in [-0.39, 0.29) is 11.9 Å². The number of aryl methyl sites for hydroxylation is 1. The Labute approximate surface area is 137 Å². The van der Waals surface area contributed by atoms with Crippen molar-refractivity contribution in [2.24, 2.45) is 17.8 Å². The number of rotatable bonds is 5. The number of carbonyl (C=O) groups excluding carboxylic acids is 1. The van der Waals surface area contributed by atoms with Gasteiger partial charge in [0.05, 0.1) is 6.10 Å². The van der Waals surface area contributed by atoms with Crippen LogP contribution in [0.15, 0.2) is 6.07 Å². The summed E-state index contributed by atoms with van der Waals surface area (Å²) in [6, 6.07) is 2.18. The molecule has 3 fully saturated rings. The predicted molar refractivity (Wildman–Crippen MR) is 87.1 cm³/mol. The second kappa shape index (κ2) is 6.27. The van der Waals surface area contributed by atoms with E-state index in [4.69, 9.17) is 4.74 Å². The van der Waals surface area contributed by atoms with Gasteiger partial charge >= 0.3 is 0 Å². The normalized spacial score (nSPS) is 33.4. The Hall–Kier alpha value is -1.36. The first kappa shape index (κ1) is 15.2. The lowest BCUT2D eigenvalue weighted by atomic mass is 9.61. The van der Waals surface area contributed by atoms with Gasteiger partial charge in [0.2, 0.25) is 0 Å². The predicted octanol–water partition coefficient (Wildman–Crippen LogP) is 2.69. The highest BCUT2D eigenvalue weighted by molar-refractivity contribution is 5.92. The highest BCUT2D eigenvalue weighted by Crippen LogP contribution is 2.51. The summed E-state index contributed by atoms with van der Waals surface area (Å²) in [5.74, 6) is 1.73. The van der Waals surface area contributed by atoms with Gasteiger partial charge in [0.25, 0.3) is 5.91 Å². The molecule has 2 aliphatic carbocycles. The summed E-state index contributed by atoms with van der Waals surface area (Å²) in [4.78, 5) is 12.6. The molecule has 5 heteroatoms. The van der Waals surface area contributed by atoms with Crippen molar-refractivity contribution in [3.8, 4) is 0 Å². The number of aromatic nitrogens is 2. The molecule has 1 saturated heterocycles. The number of carbonyl (C=O) groups is 1. The van der Waals surface area contributed by atoms with E-state index >= 15 is 0 Å². The summed E-state index contributed by atoms with van der Waals surface area (Å²) in [5, 5.41) is 10.4. The minimum Gasteiger partial charge on any atom is -0.377 e. The monoisotopic (exact) mass is 317 g/mol. The molecule has 126 valence electrons. The molecule has 23 heavy (non-hydrogen) atoms. The first-order valence-electron chi connectivity index (χ1n) is 9.24. The van der Waals surface area contributed by atoms with Gasteiger partial charge in [0, 0.05) is 30.2 Å². The van der Waals surface area contributed by atoms with E-state index in [0.29, 0.717) is 23.6 Å². The molecule has 0 radical (unpaired) electrons. The second-order valence-electron chi connectivity index (χ2n) is 7.44. The Morgan fingerprint density at radius 3 is 3.00 bits per heavy atom. The van der Waals surface area contributed by atoms with Gasteiger partial charge in [-0.3, -0.25) is 9.89 Å². The van der Waals surface area contributed by atoms with Gasteiger partial charge in [-0.2, -0.15) is 5.10 Å². The molecule has 0 bridgehead atoms. The summed E-state index contributed by atoms with van der Waals surface area (Å²) in [5.41, 5.74) is 1.57. The van der Waals surface area contributed by atoms with Gasteiger partial charge < -0.3 is 10.1 Å². The van der Waals surface area contributed by atoms with E-state index in [1.54, 1.807) is 0 Å². The van der Waals surface area contributed by atoms with Gasteiger partial charge in [0.1, 0.15) is 5.69 Å². The SMILES string of the molecule is CCCc1cc(C(=O)N[C@H]2[C@H]3CCO[C@H]3[C@H]2C2CCCC2)n[nH]1. The molecule has 1 aromatic heterocycles. The van der Waals surface area contributed by atoms with Crippen LogP contribution in [0.5, 0.6) is 0 Å². The Bertz CT molecular complexity index is 560. The first-order chi connectivity index (χ1) is 11.3. The highest BCUT2D eigenvalue weighted by atomic mass is 16.5. The Morgan fingerprint density at radius 2 is 2.22 bits per heavy atom. The van der Waals surface area contributed by atoms with E-state index in [9.17, 15) is 4.79 Å². The van der Waals surface area contributed by atoms with Crippen molar-refractivity contribution in [2.45, 2.75) is 64.0 Å². The average Bonchev–Trinajstić information content (AvgIpc) is 3.26. The molecule has 1 aromatic rings. The summed E-state index contributed by atoms with van der Waals surface area (Å²) >= 11 is 0. The minimum absolute atomic E-state index is 0.0260. The molecule has 0 unspecified atom stereocenters. The van der Waals surface area contributed by atoms with E-state index in [1.807, 2.05) is 6.07 Å². The van der Waals surface area contributed by atoms with Crippen molar-refractivity contribution >= 4 is 5.91 Å². The van der Waals surface area contributed by atoms with Crippen LogP contribution >= 0.6 is 0 Å². The van der Waals surface area contributed by atoms with Crippen LogP contribution in [0.4, 0.5) is 0 Å². The van der Waals surface area contributed by atoms with E-state index < -0.39 is 0 Å². The molecule has 4 atom stereocenters.